The summed E-state index contributed by atoms with van der Waals surface area (Å²) in [5, 5.41) is 14.2. The van der Waals surface area contributed by atoms with E-state index in [2.05, 4.69) is 24.1 Å². The van der Waals surface area contributed by atoms with Crippen molar-refractivity contribution in [1.29, 1.82) is 0 Å². The van der Waals surface area contributed by atoms with Gasteiger partial charge < -0.3 is 20.1 Å². The van der Waals surface area contributed by atoms with Gasteiger partial charge in [-0.15, -0.1) is 0 Å². The summed E-state index contributed by atoms with van der Waals surface area (Å²) in [5.41, 5.74) is 1.02. The largest absolute Gasteiger partial charge is 0.497 e. The number of aromatic nitrogens is 1. The first-order valence-corrected chi connectivity index (χ1v) is 8.44. The van der Waals surface area contributed by atoms with Crippen LogP contribution in [0.15, 0.2) is 24.4 Å². The van der Waals surface area contributed by atoms with Gasteiger partial charge in [-0.2, -0.15) is 0 Å². The molecule has 24 heavy (non-hydrogen) atoms. The Bertz CT molecular complexity index is 689. The second-order valence-corrected chi connectivity index (χ2v) is 7.11. The van der Waals surface area contributed by atoms with E-state index in [1.165, 1.54) is 0 Å². The number of amides is 1. The second-order valence-electron chi connectivity index (χ2n) is 7.11. The number of aliphatic hydroxyl groups is 1. The number of aromatic amines is 1. The van der Waals surface area contributed by atoms with Crippen LogP contribution in [0.3, 0.4) is 0 Å². The first-order valence-electron chi connectivity index (χ1n) is 8.44. The zero-order chi connectivity index (χ0) is 17.7. The Morgan fingerprint density at radius 1 is 1.42 bits per heavy atom. The molecule has 1 atom stereocenters. The van der Waals surface area contributed by atoms with Gasteiger partial charge in [0.25, 0.3) is 0 Å². The van der Waals surface area contributed by atoms with Gasteiger partial charge in [0.05, 0.1) is 19.1 Å². The van der Waals surface area contributed by atoms with Crippen molar-refractivity contribution in [3.8, 4) is 5.75 Å². The van der Waals surface area contributed by atoms with Gasteiger partial charge in [-0.3, -0.25) is 4.79 Å². The summed E-state index contributed by atoms with van der Waals surface area (Å²) in [4.78, 5) is 15.4. The van der Waals surface area contributed by atoms with Crippen molar-refractivity contribution in [2.75, 3.05) is 13.7 Å². The van der Waals surface area contributed by atoms with Crippen molar-refractivity contribution >= 4 is 16.8 Å². The SMILES string of the molecule is COc1ccc2[nH]cc(CC(=O)NCC(C)(O)CCC(C)C)c2c1. The van der Waals surface area contributed by atoms with Crippen molar-refractivity contribution in [2.45, 2.75) is 45.6 Å². The van der Waals surface area contributed by atoms with Crippen LogP contribution in [0.5, 0.6) is 5.75 Å². The van der Waals surface area contributed by atoms with Crippen LogP contribution < -0.4 is 10.1 Å². The highest BCUT2D eigenvalue weighted by Crippen LogP contribution is 2.24. The highest BCUT2D eigenvalue weighted by atomic mass is 16.5. The average Bonchev–Trinajstić information content (AvgIpc) is 2.93. The third kappa shape index (κ3) is 4.99. The lowest BCUT2D eigenvalue weighted by Gasteiger charge is -2.24. The lowest BCUT2D eigenvalue weighted by atomic mass is 9.95. The van der Waals surface area contributed by atoms with Gasteiger partial charge >= 0.3 is 0 Å². The molecule has 0 aliphatic rings. The van der Waals surface area contributed by atoms with Crippen molar-refractivity contribution in [1.82, 2.24) is 10.3 Å². The molecule has 5 heteroatoms. The van der Waals surface area contributed by atoms with E-state index < -0.39 is 5.60 Å². The molecule has 0 spiro atoms. The van der Waals surface area contributed by atoms with Crippen molar-refractivity contribution < 1.29 is 14.6 Å². The molecule has 0 bridgehead atoms. The molecule has 0 fully saturated rings. The molecule has 0 saturated heterocycles. The van der Waals surface area contributed by atoms with Gasteiger partial charge in [-0.1, -0.05) is 13.8 Å². The first-order chi connectivity index (χ1) is 11.3. The predicted molar refractivity (Wildman–Crippen MR) is 96.3 cm³/mol. The van der Waals surface area contributed by atoms with E-state index in [0.717, 1.165) is 28.6 Å². The third-order valence-corrected chi connectivity index (χ3v) is 4.25. The van der Waals surface area contributed by atoms with Gasteiger partial charge in [-0.05, 0) is 49.4 Å². The van der Waals surface area contributed by atoms with Gasteiger partial charge in [-0.25, -0.2) is 0 Å². The lowest BCUT2D eigenvalue weighted by Crippen LogP contribution is -2.41. The number of fused-ring (bicyclic) bond motifs is 1. The molecule has 2 rings (SSSR count). The number of benzene rings is 1. The first kappa shape index (κ1) is 18.3. The molecule has 3 N–H and O–H groups in total. The van der Waals surface area contributed by atoms with E-state index in [9.17, 15) is 9.90 Å². The Hall–Kier alpha value is -2.01. The number of carbonyl (C=O) groups excluding carboxylic acids is 1. The number of methoxy groups -OCH3 is 1. The zero-order valence-electron chi connectivity index (χ0n) is 15.0. The smallest absolute Gasteiger partial charge is 0.224 e. The summed E-state index contributed by atoms with van der Waals surface area (Å²) in [6.07, 6.45) is 3.73. The Morgan fingerprint density at radius 2 is 2.17 bits per heavy atom. The van der Waals surface area contributed by atoms with Crippen molar-refractivity contribution in [3.63, 3.8) is 0 Å². The molecule has 5 nitrogen and oxygen atoms in total. The van der Waals surface area contributed by atoms with Gasteiger partial charge in [0, 0.05) is 23.6 Å². The Morgan fingerprint density at radius 3 is 2.83 bits per heavy atom. The van der Waals surface area contributed by atoms with Crippen LogP contribution in [0.2, 0.25) is 0 Å². The van der Waals surface area contributed by atoms with Crippen LogP contribution in [0.25, 0.3) is 10.9 Å². The molecule has 1 aromatic carbocycles. The van der Waals surface area contributed by atoms with Crippen LogP contribution >= 0.6 is 0 Å². The molecule has 2 aromatic rings. The summed E-state index contributed by atoms with van der Waals surface area (Å²) in [5.74, 6) is 1.21. The zero-order valence-corrected chi connectivity index (χ0v) is 15.0. The molecular formula is C19H28N2O3. The summed E-state index contributed by atoms with van der Waals surface area (Å²) in [6.45, 7) is 6.29. The summed E-state index contributed by atoms with van der Waals surface area (Å²) < 4.78 is 5.24. The number of nitrogens with one attached hydrogen (secondary N) is 2. The predicted octanol–water partition coefficient (Wildman–Crippen LogP) is 3.02. The van der Waals surface area contributed by atoms with Gasteiger partial charge in [0.1, 0.15) is 5.75 Å². The Balaban J connectivity index is 1.95. The number of carbonyl (C=O) groups is 1. The molecule has 1 aromatic heterocycles. The highest BCUT2D eigenvalue weighted by molar-refractivity contribution is 5.89. The maximum Gasteiger partial charge on any atom is 0.224 e. The van der Waals surface area contributed by atoms with E-state index >= 15 is 0 Å². The van der Waals surface area contributed by atoms with Gasteiger partial charge in [0.2, 0.25) is 5.91 Å². The number of ether oxygens (including phenoxy) is 1. The normalized spacial score (nSPS) is 13.9. The van der Waals surface area contributed by atoms with E-state index in [0.29, 0.717) is 12.3 Å². The number of rotatable bonds is 8. The van der Waals surface area contributed by atoms with E-state index in [-0.39, 0.29) is 18.9 Å². The van der Waals surface area contributed by atoms with Crippen molar-refractivity contribution in [2.24, 2.45) is 5.92 Å². The Labute approximate surface area is 143 Å². The highest BCUT2D eigenvalue weighted by Gasteiger charge is 2.21. The lowest BCUT2D eigenvalue weighted by molar-refractivity contribution is -0.121. The van der Waals surface area contributed by atoms with Crippen LogP contribution in [-0.4, -0.2) is 35.3 Å². The molecule has 0 aliphatic carbocycles. The molecule has 0 saturated carbocycles. The van der Waals surface area contributed by atoms with E-state index in [1.54, 1.807) is 14.0 Å². The molecule has 0 aliphatic heterocycles. The fourth-order valence-corrected chi connectivity index (χ4v) is 2.64. The monoisotopic (exact) mass is 332 g/mol. The maximum atomic E-state index is 12.2. The average molecular weight is 332 g/mol. The van der Waals surface area contributed by atoms with Gasteiger partial charge in [0.15, 0.2) is 0 Å². The van der Waals surface area contributed by atoms with E-state index in [1.807, 2.05) is 24.4 Å². The topological polar surface area (TPSA) is 74.4 Å². The quantitative estimate of drug-likeness (QED) is 0.695. The molecule has 1 unspecified atom stereocenters. The second kappa shape index (κ2) is 7.71. The molecule has 0 radical (unpaired) electrons. The van der Waals surface area contributed by atoms with E-state index in [4.69, 9.17) is 4.74 Å². The number of hydrogen-bond acceptors (Lipinski definition) is 3. The number of H-pyrrole nitrogens is 1. The van der Waals surface area contributed by atoms with Crippen LogP contribution in [0.1, 0.15) is 39.2 Å². The molecular weight excluding hydrogens is 304 g/mol. The summed E-state index contributed by atoms with van der Waals surface area (Å²) in [7, 11) is 1.62. The Kier molecular flexibility index (Phi) is 5.89. The minimum atomic E-state index is -0.872. The van der Waals surface area contributed by atoms with Crippen LogP contribution in [-0.2, 0) is 11.2 Å². The van der Waals surface area contributed by atoms with Crippen molar-refractivity contribution in [3.05, 3.63) is 30.0 Å². The standard InChI is InChI=1S/C19H28N2O3/c1-13(2)7-8-19(3,23)12-21-18(22)9-14-11-20-17-6-5-15(24-4)10-16(14)17/h5-6,10-11,13,20,23H,7-9,12H2,1-4H3,(H,21,22). The molecule has 1 amide bonds. The molecule has 1 heterocycles. The fraction of sp³-hybridized carbons (Fsp3) is 0.526. The summed E-state index contributed by atoms with van der Waals surface area (Å²) in [6, 6.07) is 5.74. The molecule has 132 valence electrons. The minimum Gasteiger partial charge on any atom is -0.497 e. The number of hydrogen-bond donors (Lipinski definition) is 3. The summed E-state index contributed by atoms with van der Waals surface area (Å²) >= 11 is 0. The van der Waals surface area contributed by atoms with Crippen LogP contribution in [0, 0.1) is 5.92 Å². The van der Waals surface area contributed by atoms with Crippen LogP contribution in [0.4, 0.5) is 0 Å². The maximum absolute atomic E-state index is 12.2. The minimum absolute atomic E-state index is 0.0939. The fourth-order valence-electron chi connectivity index (χ4n) is 2.64. The third-order valence-electron chi connectivity index (χ3n) is 4.25.